The van der Waals surface area contributed by atoms with Gasteiger partial charge < -0.3 is 21.0 Å². The van der Waals surface area contributed by atoms with Crippen molar-refractivity contribution in [2.24, 2.45) is 0 Å². The number of aryl methyl sites for hydroxylation is 1. The average Bonchev–Trinajstić information content (AvgIpc) is 2.43. The number of nitrogens with zero attached hydrogens (tertiary/aromatic N) is 3. The second-order valence-electron chi connectivity index (χ2n) is 4.60. The third kappa shape index (κ3) is 4.72. The zero-order chi connectivity index (χ0) is 15.2. The third-order valence-electron chi connectivity index (χ3n) is 2.77. The Morgan fingerprint density at radius 1 is 1.10 bits per heavy atom. The molecule has 2 aromatic rings. The van der Waals surface area contributed by atoms with Gasteiger partial charge in [0.1, 0.15) is 18.1 Å². The molecule has 0 aliphatic carbocycles. The Kier molecular flexibility index (Phi) is 4.65. The first kappa shape index (κ1) is 14.7. The van der Waals surface area contributed by atoms with Gasteiger partial charge in [-0.15, -0.1) is 0 Å². The first-order chi connectivity index (χ1) is 10.0. The normalized spacial score (nSPS) is 10.3. The molecule has 7 nitrogen and oxygen atoms in total. The molecule has 0 atom stereocenters. The van der Waals surface area contributed by atoms with Gasteiger partial charge in [0.25, 0.3) is 0 Å². The molecule has 21 heavy (non-hydrogen) atoms. The lowest BCUT2D eigenvalue weighted by Crippen LogP contribution is -2.09. The monoisotopic (exact) mass is 287 g/mol. The summed E-state index contributed by atoms with van der Waals surface area (Å²) in [5.41, 5.74) is 12.1. The van der Waals surface area contributed by atoms with Gasteiger partial charge in [0.05, 0.1) is 0 Å². The van der Waals surface area contributed by atoms with Crippen molar-refractivity contribution in [3.63, 3.8) is 0 Å². The lowest BCUT2D eigenvalue weighted by molar-refractivity contribution is -0.116. The molecule has 0 amide bonds. The highest BCUT2D eigenvalue weighted by atomic mass is 16.5. The van der Waals surface area contributed by atoms with Crippen LogP contribution in [0, 0.1) is 0 Å². The molecule has 2 rings (SSSR count). The Hall–Kier alpha value is -2.70. The van der Waals surface area contributed by atoms with Crippen LogP contribution in [0.25, 0.3) is 0 Å². The third-order valence-corrected chi connectivity index (χ3v) is 2.77. The maximum absolute atomic E-state index is 10.9. The van der Waals surface area contributed by atoms with Gasteiger partial charge in [0.15, 0.2) is 5.82 Å². The largest absolute Gasteiger partial charge is 0.486 e. The van der Waals surface area contributed by atoms with E-state index in [1.54, 1.807) is 6.92 Å². The van der Waals surface area contributed by atoms with Crippen LogP contribution >= 0.6 is 0 Å². The maximum atomic E-state index is 10.9. The van der Waals surface area contributed by atoms with E-state index in [1.807, 2.05) is 24.3 Å². The highest BCUT2D eigenvalue weighted by Crippen LogP contribution is 2.15. The molecule has 0 bridgehead atoms. The van der Waals surface area contributed by atoms with E-state index in [2.05, 4.69) is 15.0 Å². The van der Waals surface area contributed by atoms with Gasteiger partial charge in [-0.2, -0.15) is 15.0 Å². The van der Waals surface area contributed by atoms with Crippen LogP contribution in [-0.4, -0.2) is 20.7 Å². The summed E-state index contributed by atoms with van der Waals surface area (Å²) in [6.45, 7) is 1.74. The molecule has 0 saturated carbocycles. The van der Waals surface area contributed by atoms with E-state index in [0.717, 1.165) is 12.0 Å². The van der Waals surface area contributed by atoms with Crippen LogP contribution in [0.1, 0.15) is 24.7 Å². The van der Waals surface area contributed by atoms with Crippen LogP contribution in [0.15, 0.2) is 24.3 Å². The van der Waals surface area contributed by atoms with Gasteiger partial charge in [-0.05, 0) is 31.0 Å². The minimum Gasteiger partial charge on any atom is -0.486 e. The molecule has 4 N–H and O–H groups in total. The van der Waals surface area contributed by atoms with Crippen LogP contribution in [0.5, 0.6) is 5.75 Å². The van der Waals surface area contributed by atoms with Crippen molar-refractivity contribution >= 4 is 17.7 Å². The Labute approximate surface area is 122 Å². The van der Waals surface area contributed by atoms with Crippen molar-refractivity contribution in [1.82, 2.24) is 15.0 Å². The van der Waals surface area contributed by atoms with E-state index < -0.39 is 0 Å². The zero-order valence-corrected chi connectivity index (χ0v) is 11.7. The van der Waals surface area contributed by atoms with Crippen LogP contribution in [0.3, 0.4) is 0 Å². The van der Waals surface area contributed by atoms with Crippen molar-refractivity contribution in [1.29, 1.82) is 0 Å². The molecule has 1 aromatic heterocycles. The fourth-order valence-corrected chi connectivity index (χ4v) is 1.74. The highest BCUT2D eigenvalue weighted by molar-refractivity contribution is 5.75. The molecule has 1 heterocycles. The molecular weight excluding hydrogens is 270 g/mol. The number of nitrogen functional groups attached to an aromatic ring is 2. The summed E-state index contributed by atoms with van der Waals surface area (Å²) >= 11 is 0. The summed E-state index contributed by atoms with van der Waals surface area (Å²) in [4.78, 5) is 22.5. The lowest BCUT2D eigenvalue weighted by Gasteiger charge is -2.07. The minimum atomic E-state index is 0.0701. The van der Waals surface area contributed by atoms with Crippen molar-refractivity contribution in [2.75, 3.05) is 11.5 Å². The van der Waals surface area contributed by atoms with Crippen LogP contribution in [0.2, 0.25) is 0 Å². The van der Waals surface area contributed by atoms with Crippen LogP contribution in [0.4, 0.5) is 11.9 Å². The summed E-state index contributed by atoms with van der Waals surface area (Å²) in [7, 11) is 0. The van der Waals surface area contributed by atoms with E-state index in [0.29, 0.717) is 18.0 Å². The van der Waals surface area contributed by atoms with Gasteiger partial charge in [-0.1, -0.05) is 12.1 Å². The second kappa shape index (κ2) is 6.65. The maximum Gasteiger partial charge on any atom is 0.225 e. The first-order valence-corrected chi connectivity index (χ1v) is 6.50. The molecule has 0 radical (unpaired) electrons. The number of ether oxygens (including phenoxy) is 1. The quantitative estimate of drug-likeness (QED) is 0.817. The molecule has 1 aromatic carbocycles. The van der Waals surface area contributed by atoms with Crippen LogP contribution in [-0.2, 0) is 17.8 Å². The number of carbonyl (C=O) groups is 1. The Morgan fingerprint density at radius 3 is 2.29 bits per heavy atom. The standard InChI is InChI=1S/C14H17N5O2/c1-9(20)2-3-10-4-6-11(7-5-10)21-8-12-17-13(15)19-14(16)18-12/h4-7H,2-3,8H2,1H3,(H4,15,16,17,18,19). The molecule has 0 aliphatic rings. The predicted octanol–water partition coefficient (Wildman–Crippen LogP) is 1.14. The Balaban J connectivity index is 1.92. The zero-order valence-electron chi connectivity index (χ0n) is 11.7. The van der Waals surface area contributed by atoms with Crippen molar-refractivity contribution in [2.45, 2.75) is 26.4 Å². The summed E-state index contributed by atoms with van der Waals surface area (Å²) < 4.78 is 5.55. The molecule has 0 spiro atoms. The van der Waals surface area contributed by atoms with Crippen molar-refractivity contribution in [3.05, 3.63) is 35.7 Å². The van der Waals surface area contributed by atoms with Crippen molar-refractivity contribution < 1.29 is 9.53 Å². The van der Waals surface area contributed by atoms with Crippen molar-refractivity contribution in [3.8, 4) is 5.75 Å². The number of hydrogen-bond donors (Lipinski definition) is 2. The molecule has 0 aliphatic heterocycles. The van der Waals surface area contributed by atoms with Crippen LogP contribution < -0.4 is 16.2 Å². The fraction of sp³-hybridized carbons (Fsp3) is 0.286. The average molecular weight is 287 g/mol. The number of benzene rings is 1. The SMILES string of the molecule is CC(=O)CCc1ccc(OCc2nc(N)nc(N)n2)cc1. The van der Waals surface area contributed by atoms with Gasteiger partial charge in [-0.25, -0.2) is 0 Å². The van der Waals surface area contributed by atoms with E-state index >= 15 is 0 Å². The van der Waals surface area contributed by atoms with Gasteiger partial charge in [0.2, 0.25) is 11.9 Å². The van der Waals surface area contributed by atoms with E-state index in [4.69, 9.17) is 16.2 Å². The molecule has 0 fully saturated rings. The van der Waals surface area contributed by atoms with E-state index in [9.17, 15) is 4.79 Å². The summed E-state index contributed by atoms with van der Waals surface area (Å²) in [5.74, 6) is 1.38. The number of anilines is 2. The van der Waals surface area contributed by atoms with E-state index in [-0.39, 0.29) is 24.3 Å². The molecular formula is C14H17N5O2. The smallest absolute Gasteiger partial charge is 0.225 e. The Bertz CT molecular complexity index is 608. The number of nitrogens with two attached hydrogens (primary N) is 2. The van der Waals surface area contributed by atoms with Gasteiger partial charge >= 0.3 is 0 Å². The number of ketones is 1. The number of hydrogen-bond acceptors (Lipinski definition) is 7. The molecule has 7 heteroatoms. The first-order valence-electron chi connectivity index (χ1n) is 6.50. The number of rotatable bonds is 6. The molecule has 0 unspecified atom stereocenters. The number of aromatic nitrogens is 3. The second-order valence-corrected chi connectivity index (χ2v) is 4.60. The van der Waals surface area contributed by atoms with E-state index in [1.165, 1.54) is 0 Å². The number of Topliss-reactive ketones (excluding diaryl/α,β-unsaturated/α-hetero) is 1. The highest BCUT2D eigenvalue weighted by Gasteiger charge is 2.03. The number of carbonyl (C=O) groups excluding carboxylic acids is 1. The summed E-state index contributed by atoms with van der Waals surface area (Å²) in [6.07, 6.45) is 1.28. The van der Waals surface area contributed by atoms with Gasteiger partial charge in [0, 0.05) is 6.42 Å². The minimum absolute atomic E-state index is 0.0701. The lowest BCUT2D eigenvalue weighted by atomic mass is 10.1. The summed E-state index contributed by atoms with van der Waals surface area (Å²) in [6, 6.07) is 7.52. The fourth-order valence-electron chi connectivity index (χ4n) is 1.74. The molecule has 0 saturated heterocycles. The Morgan fingerprint density at radius 2 is 1.71 bits per heavy atom. The van der Waals surface area contributed by atoms with Gasteiger partial charge in [-0.3, -0.25) is 0 Å². The predicted molar refractivity (Wildman–Crippen MR) is 78.4 cm³/mol. The topological polar surface area (TPSA) is 117 Å². The summed E-state index contributed by atoms with van der Waals surface area (Å²) in [5, 5.41) is 0. The molecule has 110 valence electrons.